The number of aryl methyl sites for hydroxylation is 1. The summed E-state index contributed by atoms with van der Waals surface area (Å²) in [7, 11) is 1.08. The third kappa shape index (κ3) is 7.93. The van der Waals surface area contributed by atoms with E-state index >= 15 is 0 Å². The molecule has 7 nitrogen and oxygen atoms in total. The number of carbonyl (C=O) groups is 2. The number of alkyl halides is 3. The summed E-state index contributed by atoms with van der Waals surface area (Å²) in [6.07, 6.45) is -4.64. The zero-order valence-corrected chi connectivity index (χ0v) is 25.2. The molecule has 0 aliphatic rings. The van der Waals surface area contributed by atoms with Crippen LogP contribution in [0.1, 0.15) is 41.0 Å². The Morgan fingerprint density at radius 1 is 1.05 bits per heavy atom. The first-order valence-corrected chi connectivity index (χ1v) is 14.0. The molecule has 0 spiro atoms. The predicted octanol–water partition coefficient (Wildman–Crippen LogP) is 5.91. The molecule has 1 heterocycles. The molecule has 0 aliphatic carbocycles. The van der Waals surface area contributed by atoms with Crippen LogP contribution in [0.5, 0.6) is 0 Å². The Morgan fingerprint density at radius 3 is 2.19 bits per heavy atom. The molecule has 0 fully saturated rings. The van der Waals surface area contributed by atoms with Gasteiger partial charge in [-0.2, -0.15) is 13.2 Å². The highest BCUT2D eigenvalue weighted by molar-refractivity contribution is 6.39. The second-order valence-corrected chi connectivity index (χ2v) is 10.5. The number of amides is 1. The predicted molar refractivity (Wildman–Crippen MR) is 157 cm³/mol. The Hall–Kier alpha value is -3.34. The van der Waals surface area contributed by atoms with Crippen LogP contribution in [0.2, 0.25) is 10.0 Å². The van der Waals surface area contributed by atoms with E-state index in [2.05, 4.69) is 10.2 Å². The van der Waals surface area contributed by atoms with Crippen molar-refractivity contribution in [1.82, 2.24) is 14.8 Å². The molecule has 0 saturated carbocycles. The number of hydrogen-bond acceptors (Lipinski definition) is 5. The van der Waals surface area contributed by atoms with Gasteiger partial charge in [0.05, 0.1) is 21.2 Å². The lowest BCUT2D eigenvalue weighted by Crippen LogP contribution is -2.44. The summed E-state index contributed by atoms with van der Waals surface area (Å²) >= 11 is 12.4. The Labute approximate surface area is 252 Å². The van der Waals surface area contributed by atoms with E-state index in [4.69, 9.17) is 27.9 Å². The fourth-order valence-corrected chi connectivity index (χ4v) is 5.11. The van der Waals surface area contributed by atoms with Crippen molar-refractivity contribution in [3.8, 4) is 11.1 Å². The van der Waals surface area contributed by atoms with Gasteiger partial charge in [0, 0.05) is 20.0 Å². The van der Waals surface area contributed by atoms with Crippen LogP contribution in [0.25, 0.3) is 11.1 Å². The lowest BCUT2D eigenvalue weighted by molar-refractivity contribution is -0.146. The highest BCUT2D eigenvalue weighted by atomic mass is 35.5. The van der Waals surface area contributed by atoms with Crippen LogP contribution in [-0.4, -0.2) is 53.6 Å². The normalized spacial score (nSPS) is 12.3. The minimum absolute atomic E-state index is 0.0192. The number of esters is 1. The van der Waals surface area contributed by atoms with Crippen LogP contribution in [0, 0.1) is 6.92 Å². The van der Waals surface area contributed by atoms with Gasteiger partial charge in [-0.25, -0.2) is 4.79 Å². The molecule has 0 aliphatic heterocycles. The van der Waals surface area contributed by atoms with Crippen molar-refractivity contribution in [2.75, 3.05) is 26.2 Å². The Morgan fingerprint density at radius 2 is 1.64 bits per heavy atom. The first-order chi connectivity index (χ1) is 19.8. The van der Waals surface area contributed by atoms with Crippen molar-refractivity contribution < 1.29 is 27.5 Å². The first kappa shape index (κ1) is 33.2. The molecular formula is C30H32Cl2F3N3O4. The van der Waals surface area contributed by atoms with Crippen molar-refractivity contribution in [3.05, 3.63) is 91.3 Å². The van der Waals surface area contributed by atoms with E-state index in [1.807, 2.05) is 13.8 Å². The SMILES string of the molecule is CCN(CC)CCOC(=O)[C@H](Cc1ccc(-c2c(C)cc(C(F)(F)F)n(C)c2=O)cc1)NC(=O)c1c(Cl)cccc1Cl. The van der Waals surface area contributed by atoms with Crippen molar-refractivity contribution in [1.29, 1.82) is 0 Å². The van der Waals surface area contributed by atoms with Crippen molar-refractivity contribution in [3.63, 3.8) is 0 Å². The summed E-state index contributed by atoms with van der Waals surface area (Å²) in [5.74, 6) is -1.31. The minimum atomic E-state index is -4.67. The first-order valence-electron chi connectivity index (χ1n) is 13.3. The van der Waals surface area contributed by atoms with Gasteiger partial charge in [-0.05, 0) is 54.9 Å². The minimum Gasteiger partial charge on any atom is -0.463 e. The molecule has 1 atom stereocenters. The monoisotopic (exact) mass is 625 g/mol. The molecule has 1 aromatic heterocycles. The number of carbonyl (C=O) groups excluding carboxylic acids is 2. The summed E-state index contributed by atoms with van der Waals surface area (Å²) in [4.78, 5) is 41.1. The van der Waals surface area contributed by atoms with Crippen molar-refractivity contribution in [2.45, 2.75) is 39.4 Å². The van der Waals surface area contributed by atoms with Gasteiger partial charge in [-0.3, -0.25) is 9.59 Å². The van der Waals surface area contributed by atoms with Crippen LogP contribution in [0.4, 0.5) is 13.2 Å². The molecular weight excluding hydrogens is 594 g/mol. The number of nitrogens with zero attached hydrogens (tertiary/aromatic N) is 2. The van der Waals surface area contributed by atoms with Gasteiger partial charge >= 0.3 is 12.1 Å². The quantitative estimate of drug-likeness (QED) is 0.268. The van der Waals surface area contributed by atoms with Gasteiger partial charge < -0.3 is 19.5 Å². The average Bonchev–Trinajstić information content (AvgIpc) is 2.93. The molecule has 1 N–H and O–H groups in total. The number of aromatic nitrogens is 1. The molecule has 1 amide bonds. The van der Waals surface area contributed by atoms with Gasteiger partial charge in [0.25, 0.3) is 11.5 Å². The maximum atomic E-state index is 13.3. The van der Waals surface area contributed by atoms with E-state index in [0.29, 0.717) is 22.2 Å². The van der Waals surface area contributed by atoms with Gasteiger partial charge in [0.1, 0.15) is 18.3 Å². The number of benzene rings is 2. The largest absolute Gasteiger partial charge is 0.463 e. The Kier molecular flexibility index (Phi) is 11.2. The third-order valence-corrected chi connectivity index (χ3v) is 7.56. The highest BCUT2D eigenvalue weighted by Crippen LogP contribution is 2.31. The summed E-state index contributed by atoms with van der Waals surface area (Å²) in [5.41, 5.74) is -0.476. The maximum Gasteiger partial charge on any atom is 0.431 e. The third-order valence-electron chi connectivity index (χ3n) is 6.93. The molecule has 0 unspecified atom stereocenters. The molecule has 0 radical (unpaired) electrons. The molecule has 42 heavy (non-hydrogen) atoms. The molecule has 12 heteroatoms. The van der Waals surface area contributed by atoms with E-state index < -0.39 is 35.3 Å². The molecule has 0 bridgehead atoms. The fraction of sp³-hybridized carbons (Fsp3) is 0.367. The highest BCUT2D eigenvalue weighted by Gasteiger charge is 2.34. The van der Waals surface area contributed by atoms with Crippen molar-refractivity contribution in [2.24, 2.45) is 7.05 Å². The number of nitrogens with one attached hydrogen (secondary N) is 1. The van der Waals surface area contributed by atoms with Crippen molar-refractivity contribution >= 4 is 35.1 Å². The van der Waals surface area contributed by atoms with Gasteiger partial charge in [-0.15, -0.1) is 0 Å². The number of halogens is 5. The van der Waals surface area contributed by atoms with Crippen LogP contribution < -0.4 is 10.9 Å². The van der Waals surface area contributed by atoms with Gasteiger partial charge in [-0.1, -0.05) is 67.4 Å². The zero-order valence-electron chi connectivity index (χ0n) is 23.6. The van der Waals surface area contributed by atoms with E-state index in [9.17, 15) is 27.6 Å². The van der Waals surface area contributed by atoms with Crippen LogP contribution in [-0.2, 0) is 29.2 Å². The molecule has 3 aromatic rings. The van der Waals surface area contributed by atoms with E-state index in [1.165, 1.54) is 19.1 Å². The number of hydrogen-bond donors (Lipinski definition) is 1. The summed E-state index contributed by atoms with van der Waals surface area (Å²) in [6.45, 7) is 7.64. The second kappa shape index (κ2) is 14.2. The second-order valence-electron chi connectivity index (χ2n) is 9.67. The summed E-state index contributed by atoms with van der Waals surface area (Å²) < 4.78 is 46.1. The van der Waals surface area contributed by atoms with Crippen LogP contribution in [0.15, 0.2) is 53.3 Å². The number of ether oxygens (including phenoxy) is 1. The lowest BCUT2D eigenvalue weighted by Gasteiger charge is -2.21. The number of likely N-dealkylation sites (N-methyl/N-ethyl adjacent to an activating group) is 1. The van der Waals surface area contributed by atoms with Gasteiger partial charge in [0.15, 0.2) is 0 Å². The van der Waals surface area contributed by atoms with Crippen LogP contribution in [0.3, 0.4) is 0 Å². The summed E-state index contributed by atoms with van der Waals surface area (Å²) in [5, 5.41) is 2.90. The Balaban J connectivity index is 1.87. The van der Waals surface area contributed by atoms with E-state index in [0.717, 1.165) is 26.2 Å². The summed E-state index contributed by atoms with van der Waals surface area (Å²) in [6, 6.07) is 10.9. The van der Waals surface area contributed by atoms with E-state index in [-0.39, 0.29) is 39.8 Å². The average molecular weight is 627 g/mol. The van der Waals surface area contributed by atoms with E-state index in [1.54, 1.807) is 30.3 Å². The molecule has 0 saturated heterocycles. The maximum absolute atomic E-state index is 13.3. The molecule has 3 rings (SSSR count). The number of pyridine rings is 1. The van der Waals surface area contributed by atoms with Crippen LogP contribution >= 0.6 is 23.2 Å². The topological polar surface area (TPSA) is 80.6 Å². The lowest BCUT2D eigenvalue weighted by atomic mass is 9.98. The van der Waals surface area contributed by atoms with Gasteiger partial charge in [0.2, 0.25) is 0 Å². The number of rotatable bonds is 11. The fourth-order valence-electron chi connectivity index (χ4n) is 4.54. The smallest absolute Gasteiger partial charge is 0.431 e. The Bertz CT molecular complexity index is 1470. The standard InChI is InChI=1S/C30H32Cl2F3N3O4/c1-5-38(6-2)14-15-42-29(41)23(36-27(39)26-21(31)8-7-9-22(26)32)17-19-10-12-20(13-11-19)25-18(3)16-24(30(33,34)35)37(4)28(25)40/h7-13,16,23H,5-6,14-15,17H2,1-4H3,(H,36,39)/t23-/m0/s1. The molecule has 226 valence electrons. The molecule has 2 aromatic carbocycles. The zero-order chi connectivity index (χ0) is 31.2.